The maximum absolute atomic E-state index is 13.0. The van der Waals surface area contributed by atoms with Gasteiger partial charge in [0.1, 0.15) is 5.76 Å². The topological polar surface area (TPSA) is 96.8 Å². The molecule has 7 nitrogen and oxygen atoms in total. The van der Waals surface area contributed by atoms with E-state index in [-0.39, 0.29) is 17.2 Å². The molecule has 1 amide bonds. The fraction of sp³-hybridized carbons (Fsp3) is 0.150. The fourth-order valence-corrected chi connectivity index (χ4v) is 3.14. The van der Waals surface area contributed by atoms with Crippen LogP contribution >= 0.6 is 0 Å². The van der Waals surface area contributed by atoms with Crippen LogP contribution in [-0.4, -0.2) is 22.0 Å². The number of furan rings is 1. The van der Waals surface area contributed by atoms with Crippen LogP contribution in [0.2, 0.25) is 0 Å². The number of aliphatic hydroxyl groups is 1. The number of ketones is 1. The lowest BCUT2D eigenvalue weighted by Crippen LogP contribution is -2.31. The van der Waals surface area contributed by atoms with E-state index in [1.807, 2.05) is 19.1 Å². The first-order valence-electron chi connectivity index (χ1n) is 8.32. The third-order valence-electron chi connectivity index (χ3n) is 4.45. The Morgan fingerprint density at radius 1 is 1.19 bits per heavy atom. The molecule has 7 heteroatoms. The van der Waals surface area contributed by atoms with Crippen molar-refractivity contribution in [3.8, 4) is 0 Å². The summed E-state index contributed by atoms with van der Waals surface area (Å²) in [4.78, 5) is 27.0. The molecule has 1 aliphatic heterocycles. The lowest BCUT2D eigenvalue weighted by Gasteiger charge is -2.24. The highest BCUT2D eigenvalue weighted by Gasteiger charge is 2.46. The minimum Gasteiger partial charge on any atom is -0.503 e. The number of carbonyl (C=O) groups is 2. The maximum atomic E-state index is 13.0. The summed E-state index contributed by atoms with van der Waals surface area (Å²) in [5, 5.41) is 14.4. The molecule has 0 spiro atoms. The summed E-state index contributed by atoms with van der Waals surface area (Å²) in [6.45, 7) is 3.63. The van der Waals surface area contributed by atoms with Crippen LogP contribution in [-0.2, 0) is 4.79 Å². The van der Waals surface area contributed by atoms with Gasteiger partial charge in [-0.2, -0.15) is 0 Å². The van der Waals surface area contributed by atoms with Crippen LogP contribution in [0.4, 0.5) is 5.82 Å². The van der Waals surface area contributed by atoms with Crippen molar-refractivity contribution < 1.29 is 23.6 Å². The van der Waals surface area contributed by atoms with Crippen molar-refractivity contribution in [3.63, 3.8) is 0 Å². The minimum atomic E-state index is -0.847. The highest BCUT2D eigenvalue weighted by Crippen LogP contribution is 2.41. The van der Waals surface area contributed by atoms with Crippen LogP contribution in [0.15, 0.2) is 69.0 Å². The van der Waals surface area contributed by atoms with Gasteiger partial charge in [-0.1, -0.05) is 35.0 Å². The van der Waals surface area contributed by atoms with Crippen LogP contribution in [0.25, 0.3) is 0 Å². The second-order valence-corrected chi connectivity index (χ2v) is 6.35. The first-order valence-corrected chi connectivity index (χ1v) is 8.32. The summed E-state index contributed by atoms with van der Waals surface area (Å²) in [7, 11) is 0. The van der Waals surface area contributed by atoms with Crippen molar-refractivity contribution in [2.75, 3.05) is 4.90 Å². The Labute approximate surface area is 154 Å². The molecule has 0 saturated heterocycles. The molecule has 0 aliphatic carbocycles. The average Bonchev–Trinajstić information content (AvgIpc) is 3.37. The molecule has 1 N–H and O–H groups in total. The second-order valence-electron chi connectivity index (χ2n) is 6.35. The number of hydrogen-bond donors (Lipinski definition) is 1. The largest absolute Gasteiger partial charge is 0.503 e. The third-order valence-corrected chi connectivity index (χ3v) is 4.45. The molecule has 1 atom stereocenters. The van der Waals surface area contributed by atoms with E-state index in [2.05, 4.69) is 5.16 Å². The number of amides is 1. The zero-order valence-electron chi connectivity index (χ0n) is 14.7. The summed E-state index contributed by atoms with van der Waals surface area (Å²) in [6.07, 6.45) is 1.36. The molecule has 3 aromatic rings. The van der Waals surface area contributed by atoms with Crippen molar-refractivity contribution >= 4 is 17.5 Å². The summed E-state index contributed by atoms with van der Waals surface area (Å²) in [5.41, 5.74) is 1.63. The number of aryl methyl sites for hydroxylation is 2. The van der Waals surface area contributed by atoms with Gasteiger partial charge in [0.25, 0.3) is 5.91 Å². The lowest BCUT2D eigenvalue weighted by atomic mass is 9.94. The van der Waals surface area contributed by atoms with Gasteiger partial charge in [0.15, 0.2) is 17.3 Å². The lowest BCUT2D eigenvalue weighted by molar-refractivity contribution is -0.117. The zero-order chi connectivity index (χ0) is 19.1. The van der Waals surface area contributed by atoms with Crippen molar-refractivity contribution in [1.29, 1.82) is 0 Å². The van der Waals surface area contributed by atoms with Crippen molar-refractivity contribution in [1.82, 2.24) is 5.16 Å². The van der Waals surface area contributed by atoms with Gasteiger partial charge < -0.3 is 14.0 Å². The summed E-state index contributed by atoms with van der Waals surface area (Å²) in [5.74, 6) is -1.13. The Hall–Kier alpha value is -3.61. The van der Waals surface area contributed by atoms with Gasteiger partial charge in [-0.15, -0.1) is 0 Å². The molecule has 4 rings (SSSR count). The number of anilines is 1. The van der Waals surface area contributed by atoms with Crippen LogP contribution in [0.1, 0.15) is 33.5 Å². The average molecular weight is 364 g/mol. The number of rotatable bonds is 4. The predicted octanol–water partition coefficient (Wildman–Crippen LogP) is 3.67. The number of benzene rings is 1. The Bertz CT molecular complexity index is 1040. The predicted molar refractivity (Wildman–Crippen MR) is 95.3 cm³/mol. The molecule has 2 aromatic heterocycles. The van der Waals surface area contributed by atoms with Crippen molar-refractivity contribution in [2.24, 2.45) is 0 Å². The fourth-order valence-electron chi connectivity index (χ4n) is 3.14. The monoisotopic (exact) mass is 364 g/mol. The van der Waals surface area contributed by atoms with E-state index in [4.69, 9.17) is 8.94 Å². The van der Waals surface area contributed by atoms with Gasteiger partial charge in [0.2, 0.25) is 5.78 Å². The zero-order valence-corrected chi connectivity index (χ0v) is 14.7. The van der Waals surface area contributed by atoms with E-state index >= 15 is 0 Å². The van der Waals surface area contributed by atoms with Crippen LogP contribution in [0.3, 0.4) is 0 Å². The summed E-state index contributed by atoms with van der Waals surface area (Å²) >= 11 is 0. The van der Waals surface area contributed by atoms with Crippen LogP contribution in [0.5, 0.6) is 0 Å². The number of aromatic nitrogens is 1. The highest BCUT2D eigenvalue weighted by atomic mass is 16.5. The van der Waals surface area contributed by atoms with Crippen LogP contribution < -0.4 is 4.90 Å². The van der Waals surface area contributed by atoms with Gasteiger partial charge in [0, 0.05) is 6.07 Å². The van der Waals surface area contributed by atoms with E-state index in [0.29, 0.717) is 11.3 Å². The molecule has 1 aliphatic rings. The highest BCUT2D eigenvalue weighted by molar-refractivity contribution is 6.19. The van der Waals surface area contributed by atoms with E-state index in [0.717, 1.165) is 5.56 Å². The number of carbonyl (C=O) groups excluding carboxylic acids is 2. The standard InChI is InChI=1S/C20H16N2O5/c1-11-5-7-13(8-6-11)17-16(18(23)14-4-3-9-26-14)19(24)20(25)22(17)15-10-12(2)27-21-15/h3-10,17,24H,1-2H3/t17-/m0/s1. The maximum Gasteiger partial charge on any atom is 0.295 e. The molecule has 0 unspecified atom stereocenters. The van der Waals surface area contributed by atoms with E-state index in [9.17, 15) is 14.7 Å². The van der Waals surface area contributed by atoms with Crippen LogP contribution in [0, 0.1) is 13.8 Å². The molecule has 3 heterocycles. The van der Waals surface area contributed by atoms with E-state index in [1.54, 1.807) is 31.2 Å². The smallest absolute Gasteiger partial charge is 0.295 e. The molecular formula is C20H16N2O5. The summed E-state index contributed by atoms with van der Waals surface area (Å²) < 4.78 is 10.3. The number of Topliss-reactive ketones (excluding diaryl/α,β-unsaturated/α-hetero) is 1. The molecule has 0 fully saturated rings. The third kappa shape index (κ3) is 2.73. The van der Waals surface area contributed by atoms with E-state index < -0.39 is 23.5 Å². The molecule has 0 bridgehead atoms. The van der Waals surface area contributed by atoms with Gasteiger partial charge in [0.05, 0.1) is 17.9 Å². The van der Waals surface area contributed by atoms with Gasteiger partial charge in [-0.25, -0.2) is 0 Å². The number of hydrogen-bond acceptors (Lipinski definition) is 6. The Morgan fingerprint density at radius 3 is 2.52 bits per heavy atom. The molecule has 1 aromatic carbocycles. The van der Waals surface area contributed by atoms with E-state index in [1.165, 1.54) is 17.2 Å². The Morgan fingerprint density at radius 2 is 1.93 bits per heavy atom. The van der Waals surface area contributed by atoms with Crippen molar-refractivity contribution in [3.05, 3.63) is 82.7 Å². The molecular weight excluding hydrogens is 348 g/mol. The Balaban J connectivity index is 1.88. The number of aliphatic hydroxyl groups excluding tert-OH is 1. The van der Waals surface area contributed by atoms with Gasteiger partial charge in [-0.3, -0.25) is 14.5 Å². The quantitative estimate of drug-likeness (QED) is 0.710. The summed E-state index contributed by atoms with van der Waals surface area (Å²) in [6, 6.07) is 11.1. The minimum absolute atomic E-state index is 0.0413. The number of nitrogens with zero attached hydrogens (tertiary/aromatic N) is 2. The molecule has 0 saturated carbocycles. The first kappa shape index (κ1) is 16.8. The molecule has 27 heavy (non-hydrogen) atoms. The molecule has 0 radical (unpaired) electrons. The Kier molecular flexibility index (Phi) is 3.92. The SMILES string of the molecule is Cc1ccc([C@H]2C(C(=O)c3ccco3)=C(O)C(=O)N2c2cc(C)on2)cc1. The van der Waals surface area contributed by atoms with Crippen molar-refractivity contribution in [2.45, 2.75) is 19.9 Å². The first-order chi connectivity index (χ1) is 13.0. The van der Waals surface area contributed by atoms with Gasteiger partial charge in [-0.05, 0) is 31.5 Å². The molecule has 136 valence electrons. The normalized spacial score (nSPS) is 17.0. The van der Waals surface area contributed by atoms with Gasteiger partial charge >= 0.3 is 0 Å². The second kappa shape index (κ2) is 6.28.